The fraction of sp³-hybridized carbons (Fsp3) is 0.400. The zero-order chi connectivity index (χ0) is 13.3. The summed E-state index contributed by atoms with van der Waals surface area (Å²) in [6.45, 7) is -0.848. The van der Waals surface area contributed by atoms with Gasteiger partial charge in [-0.05, 0) is 18.2 Å². The molecule has 0 saturated heterocycles. The minimum atomic E-state index is -4.71. The van der Waals surface area contributed by atoms with Crippen LogP contribution in [0.4, 0.5) is 22.0 Å². The average molecular weight is 275 g/mol. The van der Waals surface area contributed by atoms with Crippen LogP contribution in [0.1, 0.15) is 17.5 Å². The van der Waals surface area contributed by atoms with E-state index in [4.69, 9.17) is 16.7 Å². The molecule has 0 spiro atoms. The average Bonchev–Trinajstić information content (AvgIpc) is 2.15. The van der Waals surface area contributed by atoms with Crippen LogP contribution in [0.2, 0.25) is 5.02 Å². The molecule has 0 radical (unpaired) electrons. The molecule has 17 heavy (non-hydrogen) atoms. The second-order valence-corrected chi connectivity index (χ2v) is 3.78. The Morgan fingerprint density at radius 1 is 1.12 bits per heavy atom. The number of aliphatic hydroxyl groups is 1. The Morgan fingerprint density at radius 2 is 1.71 bits per heavy atom. The standard InChI is InChI=1S/C10H8ClF5O/c11-8-2-1-6(10(14,15)16)5-7(8)9(12,13)3-4-17/h1-2,5,17H,3-4H2. The van der Waals surface area contributed by atoms with Crippen molar-refractivity contribution < 1.29 is 27.1 Å². The van der Waals surface area contributed by atoms with Gasteiger partial charge >= 0.3 is 6.18 Å². The summed E-state index contributed by atoms with van der Waals surface area (Å²) in [5.41, 5.74) is -2.13. The van der Waals surface area contributed by atoms with Crippen LogP contribution >= 0.6 is 11.6 Å². The quantitative estimate of drug-likeness (QED) is 0.831. The highest BCUT2D eigenvalue weighted by molar-refractivity contribution is 6.31. The minimum Gasteiger partial charge on any atom is -0.396 e. The SMILES string of the molecule is OCCC(F)(F)c1cc(C(F)(F)F)ccc1Cl. The summed E-state index contributed by atoms with van der Waals surface area (Å²) in [5, 5.41) is 7.98. The first-order valence-corrected chi connectivity index (χ1v) is 4.92. The molecule has 0 aromatic heterocycles. The highest BCUT2D eigenvalue weighted by atomic mass is 35.5. The van der Waals surface area contributed by atoms with Gasteiger partial charge in [-0.1, -0.05) is 11.6 Å². The lowest BCUT2D eigenvalue weighted by Gasteiger charge is -2.18. The number of benzene rings is 1. The molecule has 1 aromatic rings. The molecule has 0 aliphatic carbocycles. The molecule has 0 bridgehead atoms. The van der Waals surface area contributed by atoms with Crippen LogP contribution in [0.15, 0.2) is 18.2 Å². The highest BCUT2D eigenvalue weighted by Gasteiger charge is 2.37. The summed E-state index contributed by atoms with van der Waals surface area (Å²) < 4.78 is 63.8. The summed E-state index contributed by atoms with van der Waals surface area (Å²) in [7, 11) is 0. The smallest absolute Gasteiger partial charge is 0.396 e. The second kappa shape index (κ2) is 4.78. The second-order valence-electron chi connectivity index (χ2n) is 3.37. The summed E-state index contributed by atoms with van der Waals surface area (Å²) in [5.74, 6) is -3.59. The van der Waals surface area contributed by atoms with Crippen LogP contribution < -0.4 is 0 Å². The summed E-state index contributed by atoms with van der Waals surface area (Å²) in [4.78, 5) is 0. The van der Waals surface area contributed by atoms with Crippen molar-refractivity contribution >= 4 is 11.6 Å². The fourth-order valence-electron chi connectivity index (χ4n) is 1.26. The van der Waals surface area contributed by atoms with E-state index in [2.05, 4.69) is 0 Å². The molecule has 0 fully saturated rings. The van der Waals surface area contributed by atoms with Gasteiger partial charge in [0.2, 0.25) is 0 Å². The van der Waals surface area contributed by atoms with Crippen molar-refractivity contribution in [3.05, 3.63) is 34.3 Å². The van der Waals surface area contributed by atoms with Gasteiger partial charge in [-0.25, -0.2) is 8.78 Å². The van der Waals surface area contributed by atoms with Gasteiger partial charge < -0.3 is 5.11 Å². The molecule has 1 N–H and O–H groups in total. The third kappa shape index (κ3) is 3.29. The Bertz CT molecular complexity index is 402. The van der Waals surface area contributed by atoms with E-state index in [1.54, 1.807) is 0 Å². The molecule has 0 aliphatic rings. The van der Waals surface area contributed by atoms with Gasteiger partial charge in [0.25, 0.3) is 5.92 Å². The molecule has 7 heteroatoms. The Kier molecular flexibility index (Phi) is 3.99. The van der Waals surface area contributed by atoms with Crippen molar-refractivity contribution in [2.75, 3.05) is 6.61 Å². The molecule has 0 saturated carbocycles. The Morgan fingerprint density at radius 3 is 2.18 bits per heavy atom. The van der Waals surface area contributed by atoms with E-state index >= 15 is 0 Å². The first-order valence-electron chi connectivity index (χ1n) is 4.54. The number of alkyl halides is 5. The van der Waals surface area contributed by atoms with Gasteiger partial charge in [0.15, 0.2) is 0 Å². The zero-order valence-corrected chi connectivity index (χ0v) is 9.12. The van der Waals surface area contributed by atoms with E-state index in [0.29, 0.717) is 12.1 Å². The molecule has 0 unspecified atom stereocenters. The van der Waals surface area contributed by atoms with E-state index in [-0.39, 0.29) is 0 Å². The first-order chi connectivity index (χ1) is 7.68. The third-order valence-corrected chi connectivity index (χ3v) is 2.44. The van der Waals surface area contributed by atoms with Gasteiger partial charge in [0, 0.05) is 23.6 Å². The number of aliphatic hydroxyl groups excluding tert-OH is 1. The largest absolute Gasteiger partial charge is 0.416 e. The molecule has 0 atom stereocenters. The maximum atomic E-state index is 13.4. The van der Waals surface area contributed by atoms with Gasteiger partial charge in [0.1, 0.15) is 0 Å². The summed E-state index contributed by atoms with van der Waals surface area (Å²) in [6, 6.07) is 1.70. The molecule has 96 valence electrons. The van der Waals surface area contributed by atoms with Gasteiger partial charge in [-0.3, -0.25) is 0 Å². The maximum Gasteiger partial charge on any atom is 0.416 e. The van der Waals surface area contributed by atoms with E-state index in [0.717, 1.165) is 6.07 Å². The van der Waals surface area contributed by atoms with Crippen molar-refractivity contribution in [1.29, 1.82) is 0 Å². The van der Waals surface area contributed by atoms with E-state index in [9.17, 15) is 22.0 Å². The summed E-state index contributed by atoms with van der Waals surface area (Å²) >= 11 is 5.44. The number of hydrogen-bond acceptors (Lipinski definition) is 1. The molecule has 1 rings (SSSR count). The topological polar surface area (TPSA) is 20.2 Å². The van der Waals surface area contributed by atoms with Crippen molar-refractivity contribution in [1.82, 2.24) is 0 Å². The Balaban J connectivity index is 3.24. The van der Waals surface area contributed by atoms with Crippen molar-refractivity contribution in [2.45, 2.75) is 18.5 Å². The third-order valence-electron chi connectivity index (χ3n) is 2.11. The van der Waals surface area contributed by atoms with Crippen LogP contribution in [-0.2, 0) is 12.1 Å². The van der Waals surface area contributed by atoms with Crippen LogP contribution in [-0.4, -0.2) is 11.7 Å². The Labute approximate surface area is 98.8 Å². The van der Waals surface area contributed by atoms with Gasteiger partial charge in [0.05, 0.1) is 5.56 Å². The fourth-order valence-corrected chi connectivity index (χ4v) is 1.51. The first kappa shape index (κ1) is 14.2. The van der Waals surface area contributed by atoms with Crippen molar-refractivity contribution in [2.24, 2.45) is 0 Å². The predicted octanol–water partition coefficient (Wildman–Crippen LogP) is 3.83. The number of rotatable bonds is 3. The number of hydrogen-bond donors (Lipinski definition) is 1. The molecule has 1 aromatic carbocycles. The van der Waals surface area contributed by atoms with Crippen LogP contribution in [0.3, 0.4) is 0 Å². The van der Waals surface area contributed by atoms with Gasteiger partial charge in [-0.2, -0.15) is 13.2 Å². The van der Waals surface area contributed by atoms with Crippen molar-refractivity contribution in [3.63, 3.8) is 0 Å². The molecular formula is C10H8ClF5O. The maximum absolute atomic E-state index is 13.4. The van der Waals surface area contributed by atoms with Crippen molar-refractivity contribution in [3.8, 4) is 0 Å². The minimum absolute atomic E-state index is 0.304. The molecule has 0 heterocycles. The molecule has 1 nitrogen and oxygen atoms in total. The predicted molar refractivity (Wildman–Crippen MR) is 52.1 cm³/mol. The number of halogens is 6. The molecule has 0 aliphatic heterocycles. The van der Waals surface area contributed by atoms with E-state index in [1.165, 1.54) is 0 Å². The zero-order valence-electron chi connectivity index (χ0n) is 8.36. The lowest BCUT2D eigenvalue weighted by Crippen LogP contribution is -2.17. The van der Waals surface area contributed by atoms with Crippen LogP contribution in [0.5, 0.6) is 0 Å². The normalized spacial score (nSPS) is 12.9. The molecule has 0 amide bonds. The van der Waals surface area contributed by atoms with Crippen LogP contribution in [0, 0.1) is 0 Å². The van der Waals surface area contributed by atoms with Gasteiger partial charge in [-0.15, -0.1) is 0 Å². The lowest BCUT2D eigenvalue weighted by atomic mass is 10.0. The Hall–Kier alpha value is -0.880. The molecular weight excluding hydrogens is 267 g/mol. The van der Waals surface area contributed by atoms with E-state index in [1.807, 2.05) is 0 Å². The monoisotopic (exact) mass is 274 g/mol. The highest BCUT2D eigenvalue weighted by Crippen LogP contribution is 2.39. The van der Waals surface area contributed by atoms with E-state index < -0.39 is 41.3 Å². The summed E-state index contributed by atoms with van der Waals surface area (Å²) in [6.07, 6.45) is -5.69. The van der Waals surface area contributed by atoms with Crippen LogP contribution in [0.25, 0.3) is 0 Å². The lowest BCUT2D eigenvalue weighted by molar-refractivity contribution is -0.137.